The number of fused-ring (bicyclic) bond motifs is 4. The predicted octanol–water partition coefficient (Wildman–Crippen LogP) is 6.02. The summed E-state index contributed by atoms with van der Waals surface area (Å²) in [6.07, 6.45) is 0.479. The second-order valence-electron chi connectivity index (χ2n) is 12.4. The normalized spacial score (nSPS) is 28.5. The number of hydrogen-bond donors (Lipinski definition) is 3. The lowest BCUT2D eigenvalue weighted by atomic mass is 9.56. The van der Waals surface area contributed by atoms with E-state index in [-0.39, 0.29) is 28.1 Å². The summed E-state index contributed by atoms with van der Waals surface area (Å²) in [5.74, 6) is -25.9. The zero-order valence-electron chi connectivity index (χ0n) is 25.1. The number of aromatic carboxylic acids is 1. The van der Waals surface area contributed by atoms with Crippen LogP contribution in [0.2, 0.25) is 0 Å². The first-order valence-corrected chi connectivity index (χ1v) is 16.3. The van der Waals surface area contributed by atoms with E-state index < -0.39 is 121 Å². The van der Waals surface area contributed by atoms with Crippen LogP contribution in [0.3, 0.4) is 0 Å². The summed E-state index contributed by atoms with van der Waals surface area (Å²) in [5.41, 5.74) is -2.73. The van der Waals surface area contributed by atoms with Gasteiger partial charge in [0.2, 0.25) is 17.6 Å². The first-order valence-electron chi connectivity index (χ1n) is 14.8. The van der Waals surface area contributed by atoms with Gasteiger partial charge in [0, 0.05) is 22.0 Å². The number of hydrogen-bond acceptors (Lipinski definition) is 7. The molecule has 18 heteroatoms. The summed E-state index contributed by atoms with van der Waals surface area (Å²) < 4.78 is 73.5. The first-order chi connectivity index (χ1) is 23.9. The summed E-state index contributed by atoms with van der Waals surface area (Å²) in [7, 11) is 0. The van der Waals surface area contributed by atoms with Crippen LogP contribution in [0.15, 0.2) is 52.5 Å². The highest BCUT2D eigenvalue weighted by Crippen LogP contribution is 2.67. The molecule has 264 valence electrons. The number of anilines is 2. The third-order valence-corrected chi connectivity index (χ3v) is 11.9. The number of phenolic OH excluding ortho intramolecular Hbond substituents is 1. The lowest BCUT2D eigenvalue weighted by Gasteiger charge is -2.50. The smallest absolute Gasteiger partial charge is 0.339 e. The van der Waals surface area contributed by atoms with Gasteiger partial charge in [-0.1, -0.05) is 27.6 Å². The lowest BCUT2D eigenvalue weighted by Crippen LogP contribution is -2.60. The minimum absolute atomic E-state index is 0.100. The van der Waals surface area contributed by atoms with Crippen LogP contribution in [-0.4, -0.2) is 54.7 Å². The molecule has 1 saturated carbocycles. The fourth-order valence-electron chi connectivity index (χ4n) is 7.76. The molecule has 2 heterocycles. The van der Waals surface area contributed by atoms with Gasteiger partial charge in [-0.15, -0.1) is 23.2 Å². The number of phenols is 2. The van der Waals surface area contributed by atoms with Crippen molar-refractivity contribution in [1.29, 1.82) is 0 Å². The standard InChI is InChI=1S/C33H18BrCl2F5N2O8/c34-10-1-6-17(44)15(7-10)20-12-4-5-14-19(28(47)42(27(14)46)11-2-3-13(29(48)49)18(45)8-11)16(12)9-32(35)30(50)43(31(51)33(20,32)36)26-24(40)22(38)21(37)23(39)25(26)41/h1-4,6-8,14,16,19-20,44-45H,5,9H2,(H,48,49)/t14-,16+,19-,20+,32+,33-/m0/s1. The van der Waals surface area contributed by atoms with E-state index in [4.69, 9.17) is 23.2 Å². The predicted molar refractivity (Wildman–Crippen MR) is 170 cm³/mol. The van der Waals surface area contributed by atoms with E-state index in [1.165, 1.54) is 24.3 Å². The van der Waals surface area contributed by atoms with Gasteiger partial charge in [-0.2, -0.15) is 0 Å². The first kappa shape index (κ1) is 34.9. The van der Waals surface area contributed by atoms with Gasteiger partial charge < -0.3 is 15.3 Å². The molecule has 4 amide bonds. The third kappa shape index (κ3) is 4.48. The SMILES string of the molecule is O=C(O)c1ccc(N2C(=O)[C@H]3[C@H](CC=C4[C@H]3C[C@@]3(Cl)C(=O)N(c5c(F)c(F)c(F)c(F)c5F)C(=O)[C@@]3(Cl)[C@H]4c3cc(Br)ccc3O)C2=O)cc1O. The number of carbonyl (C=O) groups excluding carboxylic acids is 4. The highest BCUT2D eigenvalue weighted by molar-refractivity contribution is 9.10. The van der Waals surface area contributed by atoms with E-state index in [9.17, 15) is 52.5 Å². The van der Waals surface area contributed by atoms with Gasteiger partial charge in [-0.3, -0.25) is 19.2 Å². The molecule has 3 aromatic carbocycles. The van der Waals surface area contributed by atoms with Crippen molar-refractivity contribution < 1.29 is 61.2 Å². The molecule has 10 nitrogen and oxygen atoms in total. The second kappa shape index (κ2) is 11.5. The van der Waals surface area contributed by atoms with Gasteiger partial charge in [0.05, 0.1) is 17.5 Å². The Morgan fingerprint density at radius 2 is 1.43 bits per heavy atom. The molecule has 2 aliphatic heterocycles. The maximum atomic E-state index is 15.2. The quantitative estimate of drug-likeness (QED) is 0.0723. The van der Waals surface area contributed by atoms with E-state index in [1.807, 2.05) is 0 Å². The maximum absolute atomic E-state index is 15.2. The number of nitrogens with zero attached hydrogens (tertiary/aromatic N) is 2. The van der Waals surface area contributed by atoms with Crippen LogP contribution in [0.1, 0.15) is 34.7 Å². The molecular formula is C33H18BrCl2F5N2O8. The Morgan fingerprint density at radius 3 is 2.04 bits per heavy atom. The number of imide groups is 2. The maximum Gasteiger partial charge on any atom is 0.339 e. The fraction of sp³-hybridized carbons (Fsp3) is 0.242. The van der Waals surface area contributed by atoms with E-state index in [0.29, 0.717) is 9.37 Å². The van der Waals surface area contributed by atoms with Crippen molar-refractivity contribution in [2.24, 2.45) is 17.8 Å². The van der Waals surface area contributed by atoms with Crippen LogP contribution in [-0.2, 0) is 19.2 Å². The monoisotopic (exact) mass is 814 g/mol. The molecule has 4 aliphatic rings. The molecule has 0 unspecified atom stereocenters. The van der Waals surface area contributed by atoms with Gasteiger partial charge in [0.25, 0.3) is 11.8 Å². The summed E-state index contributed by atoms with van der Waals surface area (Å²) in [4.78, 5) is 62.7. The van der Waals surface area contributed by atoms with Crippen molar-refractivity contribution >= 4 is 80.1 Å². The van der Waals surface area contributed by atoms with E-state index in [0.717, 1.165) is 18.2 Å². The number of amides is 4. The number of aromatic hydroxyl groups is 2. The molecule has 51 heavy (non-hydrogen) atoms. The van der Waals surface area contributed by atoms with Gasteiger partial charge in [-0.25, -0.2) is 36.5 Å². The summed E-state index contributed by atoms with van der Waals surface area (Å²) in [6, 6.07) is 6.83. The van der Waals surface area contributed by atoms with Crippen molar-refractivity contribution in [3.63, 3.8) is 0 Å². The molecule has 0 bridgehead atoms. The average Bonchev–Trinajstić information content (AvgIpc) is 3.42. The Kier molecular flexibility index (Phi) is 7.86. The molecule has 0 radical (unpaired) electrons. The molecule has 2 aliphatic carbocycles. The van der Waals surface area contributed by atoms with Gasteiger partial charge in [0.15, 0.2) is 33.0 Å². The summed E-state index contributed by atoms with van der Waals surface area (Å²) >= 11 is 17.3. The molecule has 0 aromatic heterocycles. The van der Waals surface area contributed by atoms with Crippen molar-refractivity contribution in [2.45, 2.75) is 28.5 Å². The fourth-order valence-corrected chi connectivity index (χ4v) is 9.07. The Hall–Kier alpha value is -4.54. The number of carboxylic acids is 1. The van der Waals surface area contributed by atoms with Crippen molar-refractivity contribution in [2.75, 3.05) is 9.80 Å². The molecule has 2 saturated heterocycles. The van der Waals surface area contributed by atoms with Crippen LogP contribution in [0.25, 0.3) is 0 Å². The van der Waals surface area contributed by atoms with Crippen LogP contribution < -0.4 is 9.80 Å². The van der Waals surface area contributed by atoms with Gasteiger partial charge in [0.1, 0.15) is 22.7 Å². The Labute approximate surface area is 300 Å². The number of carboxylic acid groups (broad SMARTS) is 1. The lowest BCUT2D eigenvalue weighted by molar-refractivity contribution is -0.125. The molecule has 7 rings (SSSR count). The Morgan fingerprint density at radius 1 is 0.804 bits per heavy atom. The molecule has 3 N–H and O–H groups in total. The zero-order valence-corrected chi connectivity index (χ0v) is 28.2. The molecule has 0 spiro atoms. The van der Waals surface area contributed by atoms with Crippen LogP contribution in [0.5, 0.6) is 11.5 Å². The van der Waals surface area contributed by atoms with Crippen LogP contribution in [0, 0.1) is 46.8 Å². The number of benzene rings is 3. The topological polar surface area (TPSA) is 153 Å². The second-order valence-corrected chi connectivity index (χ2v) is 14.6. The average molecular weight is 816 g/mol. The van der Waals surface area contributed by atoms with Crippen molar-refractivity contribution in [3.8, 4) is 11.5 Å². The minimum atomic E-state index is -2.83. The molecule has 6 atom stereocenters. The largest absolute Gasteiger partial charge is 0.508 e. The van der Waals surface area contributed by atoms with Gasteiger partial charge >= 0.3 is 5.97 Å². The van der Waals surface area contributed by atoms with Crippen molar-refractivity contribution in [3.05, 3.63) is 92.7 Å². The number of allylic oxidation sites excluding steroid dienone is 2. The summed E-state index contributed by atoms with van der Waals surface area (Å²) in [6.45, 7) is 0. The number of halogens is 8. The number of rotatable bonds is 4. The van der Waals surface area contributed by atoms with E-state index in [2.05, 4.69) is 15.9 Å². The number of carbonyl (C=O) groups is 5. The Balaban J connectivity index is 1.42. The Bertz CT molecular complexity index is 2190. The van der Waals surface area contributed by atoms with E-state index in [1.54, 1.807) is 0 Å². The summed E-state index contributed by atoms with van der Waals surface area (Å²) in [5, 5.41) is 30.6. The third-order valence-electron chi connectivity index (χ3n) is 9.99. The van der Waals surface area contributed by atoms with Crippen LogP contribution in [0.4, 0.5) is 33.3 Å². The van der Waals surface area contributed by atoms with Crippen molar-refractivity contribution in [1.82, 2.24) is 0 Å². The van der Waals surface area contributed by atoms with Crippen LogP contribution >= 0.6 is 39.1 Å². The molecular weight excluding hydrogens is 798 g/mol. The van der Waals surface area contributed by atoms with Gasteiger partial charge in [-0.05, 0) is 49.1 Å². The number of alkyl halides is 2. The minimum Gasteiger partial charge on any atom is -0.508 e. The van der Waals surface area contributed by atoms with E-state index >= 15 is 8.78 Å². The highest BCUT2D eigenvalue weighted by Gasteiger charge is 2.77. The highest BCUT2D eigenvalue weighted by atomic mass is 79.9. The molecule has 3 aromatic rings. The molecule has 3 fully saturated rings. The zero-order chi connectivity index (χ0) is 37.2.